The zero-order valence-electron chi connectivity index (χ0n) is 21.2. The Kier molecular flexibility index (Phi) is 7.64. The molecule has 0 atom stereocenters. The number of nitro groups is 1. The fourth-order valence-corrected chi connectivity index (χ4v) is 5.24. The van der Waals surface area contributed by atoms with Crippen LogP contribution in [-0.2, 0) is 21.4 Å². The number of aromatic nitrogens is 1. The molecule has 0 bridgehead atoms. The summed E-state index contributed by atoms with van der Waals surface area (Å²) in [6.45, 7) is -0.0717. The van der Waals surface area contributed by atoms with Crippen LogP contribution in [0.25, 0.3) is 11.1 Å². The highest BCUT2D eigenvalue weighted by atomic mass is 35.5. The van der Waals surface area contributed by atoms with Gasteiger partial charge in [-0.05, 0) is 54.1 Å². The Bertz CT molecular complexity index is 1760. The molecule has 0 unspecified atom stereocenters. The minimum atomic E-state index is -4.23. The fourth-order valence-electron chi connectivity index (χ4n) is 3.98. The van der Waals surface area contributed by atoms with E-state index in [9.17, 15) is 23.3 Å². The van der Waals surface area contributed by atoms with Gasteiger partial charge in [-0.1, -0.05) is 17.7 Å². The number of nitrogens with one attached hydrogen (secondary N) is 1. The first-order chi connectivity index (χ1) is 19.6. The number of benzene rings is 3. The van der Waals surface area contributed by atoms with Gasteiger partial charge in [0.15, 0.2) is 11.5 Å². The molecular formula is C27H20ClN3O9S. The molecule has 0 fully saturated rings. The molecule has 2 heterocycles. The number of nitro benzene ring substituents is 1. The number of ether oxygens (including phenoxy) is 4. The van der Waals surface area contributed by atoms with Gasteiger partial charge >= 0.3 is 5.97 Å². The van der Waals surface area contributed by atoms with Gasteiger partial charge in [-0.15, -0.1) is 0 Å². The van der Waals surface area contributed by atoms with Gasteiger partial charge in [0.25, 0.3) is 15.7 Å². The molecule has 0 amide bonds. The number of pyridine rings is 1. The van der Waals surface area contributed by atoms with Crippen LogP contribution >= 0.6 is 11.6 Å². The van der Waals surface area contributed by atoms with Crippen molar-refractivity contribution in [1.29, 1.82) is 0 Å². The lowest BCUT2D eigenvalue weighted by molar-refractivity contribution is -0.384. The molecule has 1 aliphatic heterocycles. The molecular weight excluding hydrogens is 578 g/mol. The Morgan fingerprint density at radius 3 is 2.68 bits per heavy atom. The summed E-state index contributed by atoms with van der Waals surface area (Å²) in [5, 5.41) is 10.9. The van der Waals surface area contributed by atoms with Crippen molar-refractivity contribution in [2.45, 2.75) is 11.5 Å². The van der Waals surface area contributed by atoms with E-state index in [-0.39, 0.29) is 34.6 Å². The number of hydrogen-bond acceptors (Lipinski definition) is 10. The molecule has 0 saturated heterocycles. The number of rotatable bonds is 9. The number of nitrogens with zero attached hydrogens (tertiary/aromatic N) is 2. The van der Waals surface area contributed by atoms with Crippen LogP contribution in [-0.4, -0.2) is 38.2 Å². The van der Waals surface area contributed by atoms with Gasteiger partial charge in [-0.2, -0.15) is 0 Å². The van der Waals surface area contributed by atoms with Crippen LogP contribution in [0.2, 0.25) is 5.02 Å². The number of carbonyl (C=O) groups is 1. The van der Waals surface area contributed by atoms with E-state index in [2.05, 4.69) is 9.71 Å². The van der Waals surface area contributed by atoms with Crippen LogP contribution in [0.15, 0.2) is 77.8 Å². The Morgan fingerprint density at radius 1 is 1.12 bits per heavy atom. The third-order valence-electron chi connectivity index (χ3n) is 5.93. The number of methoxy groups -OCH3 is 1. The lowest BCUT2D eigenvalue weighted by Crippen LogP contribution is -2.14. The molecule has 14 heteroatoms. The van der Waals surface area contributed by atoms with Crippen LogP contribution in [0, 0.1) is 10.1 Å². The van der Waals surface area contributed by atoms with Gasteiger partial charge < -0.3 is 18.9 Å². The van der Waals surface area contributed by atoms with E-state index >= 15 is 0 Å². The summed E-state index contributed by atoms with van der Waals surface area (Å²) in [6, 6.07) is 15.8. The summed E-state index contributed by atoms with van der Waals surface area (Å²) in [7, 11) is -2.71. The average Bonchev–Trinajstić information content (AvgIpc) is 3.44. The van der Waals surface area contributed by atoms with Crippen molar-refractivity contribution in [3.63, 3.8) is 0 Å². The maximum Gasteiger partial charge on any atom is 0.338 e. The number of fused-ring (bicyclic) bond motifs is 1. The van der Waals surface area contributed by atoms with Crippen molar-refractivity contribution in [2.75, 3.05) is 18.6 Å². The highest BCUT2D eigenvalue weighted by Crippen LogP contribution is 2.42. The number of sulfonamides is 1. The summed E-state index contributed by atoms with van der Waals surface area (Å²) in [6.07, 6.45) is 1.63. The summed E-state index contributed by atoms with van der Waals surface area (Å²) >= 11 is 5.78. The third kappa shape index (κ3) is 6.00. The fraction of sp³-hybridized carbons (Fsp3) is 0.111. The molecule has 41 heavy (non-hydrogen) atoms. The number of anilines is 1. The topological polar surface area (TPSA) is 156 Å². The van der Waals surface area contributed by atoms with E-state index in [1.807, 2.05) is 6.07 Å². The first kappa shape index (κ1) is 27.7. The quantitative estimate of drug-likeness (QED) is 0.154. The van der Waals surface area contributed by atoms with Crippen LogP contribution in [0.1, 0.15) is 15.9 Å². The summed E-state index contributed by atoms with van der Waals surface area (Å²) < 4.78 is 49.7. The second-order valence-corrected chi connectivity index (χ2v) is 10.7. The van der Waals surface area contributed by atoms with Crippen LogP contribution in [0.4, 0.5) is 11.4 Å². The number of esters is 1. The predicted octanol–water partition coefficient (Wildman–Crippen LogP) is 5.21. The first-order valence-electron chi connectivity index (χ1n) is 11.8. The average molecular weight is 598 g/mol. The molecule has 0 saturated carbocycles. The SMILES string of the molecule is COc1ccc(-c2cc(COC(=O)c3cccc(NS(=O)(=O)c4ccc(Cl)c([N+](=O)[O-])c4)c3)cc3c2OCO3)cn1. The van der Waals surface area contributed by atoms with Crippen molar-refractivity contribution in [3.8, 4) is 28.5 Å². The lowest BCUT2D eigenvalue weighted by Gasteiger charge is -2.12. The van der Waals surface area contributed by atoms with E-state index in [1.165, 1.54) is 31.4 Å². The molecule has 0 spiro atoms. The normalized spacial score (nSPS) is 12.0. The van der Waals surface area contributed by atoms with Gasteiger partial charge in [0.2, 0.25) is 12.7 Å². The van der Waals surface area contributed by atoms with Crippen LogP contribution in [0.3, 0.4) is 0 Å². The zero-order valence-corrected chi connectivity index (χ0v) is 22.8. The zero-order chi connectivity index (χ0) is 29.1. The van der Waals surface area contributed by atoms with Crippen molar-refractivity contribution in [3.05, 3.63) is 99.2 Å². The molecule has 5 rings (SSSR count). The molecule has 4 aromatic rings. The summed E-state index contributed by atoms with van der Waals surface area (Å²) in [5.41, 5.74) is 1.63. The van der Waals surface area contributed by atoms with Gasteiger partial charge in [0, 0.05) is 35.1 Å². The molecule has 3 aromatic carbocycles. The Hall–Kier alpha value is -4.88. The number of halogens is 1. The Morgan fingerprint density at radius 2 is 1.95 bits per heavy atom. The maximum absolute atomic E-state index is 12.9. The molecule has 210 valence electrons. The molecule has 0 radical (unpaired) electrons. The summed E-state index contributed by atoms with van der Waals surface area (Å²) in [4.78, 5) is 27.1. The minimum Gasteiger partial charge on any atom is -0.481 e. The van der Waals surface area contributed by atoms with E-state index < -0.39 is 26.6 Å². The molecule has 0 aliphatic carbocycles. The smallest absolute Gasteiger partial charge is 0.338 e. The standard InChI is InChI=1S/C27H20ClN3O9S/c1-37-25-8-5-18(13-29-25)21-9-16(10-24-26(21)40-15-39-24)14-38-27(32)17-3-2-4-19(11-17)30-41(35,36)20-6-7-22(28)23(12-20)31(33)34/h2-13,30H,14-15H2,1H3. The second-order valence-electron chi connectivity index (χ2n) is 8.60. The van der Waals surface area contributed by atoms with Crippen molar-refractivity contribution in [2.24, 2.45) is 0 Å². The first-order valence-corrected chi connectivity index (χ1v) is 13.7. The van der Waals surface area contributed by atoms with E-state index in [0.717, 1.165) is 23.8 Å². The molecule has 1 aliphatic rings. The van der Waals surface area contributed by atoms with E-state index in [1.54, 1.807) is 24.4 Å². The van der Waals surface area contributed by atoms with Gasteiger partial charge in [-0.25, -0.2) is 18.2 Å². The largest absolute Gasteiger partial charge is 0.481 e. The van der Waals surface area contributed by atoms with Crippen LogP contribution < -0.4 is 18.9 Å². The van der Waals surface area contributed by atoms with E-state index in [0.29, 0.717) is 28.5 Å². The van der Waals surface area contributed by atoms with Crippen molar-refractivity contribution >= 4 is 39.0 Å². The highest BCUT2D eigenvalue weighted by Gasteiger charge is 2.23. The van der Waals surface area contributed by atoms with Crippen molar-refractivity contribution < 1.29 is 37.1 Å². The predicted molar refractivity (Wildman–Crippen MR) is 147 cm³/mol. The van der Waals surface area contributed by atoms with Crippen molar-refractivity contribution in [1.82, 2.24) is 4.98 Å². The highest BCUT2D eigenvalue weighted by molar-refractivity contribution is 7.92. The lowest BCUT2D eigenvalue weighted by atomic mass is 10.0. The van der Waals surface area contributed by atoms with Gasteiger partial charge in [0.1, 0.15) is 11.6 Å². The van der Waals surface area contributed by atoms with Gasteiger partial charge in [0.05, 0.1) is 22.5 Å². The Balaban J connectivity index is 1.32. The molecule has 12 nitrogen and oxygen atoms in total. The van der Waals surface area contributed by atoms with Gasteiger partial charge in [-0.3, -0.25) is 14.8 Å². The molecule has 1 aromatic heterocycles. The second kappa shape index (κ2) is 11.3. The molecule has 1 N–H and O–H groups in total. The monoisotopic (exact) mass is 597 g/mol. The Labute approximate surface area is 238 Å². The van der Waals surface area contributed by atoms with E-state index in [4.69, 9.17) is 30.5 Å². The van der Waals surface area contributed by atoms with Crippen LogP contribution in [0.5, 0.6) is 17.4 Å². The minimum absolute atomic E-state index is 0.0429. The third-order valence-corrected chi connectivity index (χ3v) is 7.63. The number of carbonyl (C=O) groups excluding carboxylic acids is 1. The summed E-state index contributed by atoms with van der Waals surface area (Å²) in [5.74, 6) is 0.770. The number of hydrogen-bond donors (Lipinski definition) is 1. The maximum atomic E-state index is 12.9.